The van der Waals surface area contributed by atoms with E-state index in [1.165, 1.54) is 0 Å². The Bertz CT molecular complexity index is 3180. The number of benzene rings is 8. The van der Waals surface area contributed by atoms with Gasteiger partial charge in [0.25, 0.3) is 0 Å². The zero-order valence-electron chi connectivity index (χ0n) is 35.0. The first kappa shape index (κ1) is 39.6. The fraction of sp³-hybridized carbons (Fsp3) is 0.111. The van der Waals surface area contributed by atoms with Crippen molar-refractivity contribution in [2.24, 2.45) is 0 Å². The maximum Gasteiger partial charge on any atom is 0.494 e. The van der Waals surface area contributed by atoms with Gasteiger partial charge in [-0.2, -0.15) is 0 Å². The quantitative estimate of drug-likeness (QED) is 0.149. The molecule has 8 heteroatoms. The van der Waals surface area contributed by atoms with Crippen LogP contribution in [0.3, 0.4) is 0 Å². The van der Waals surface area contributed by atoms with Crippen molar-refractivity contribution in [2.45, 2.75) is 38.9 Å². The number of hydrogen-bond acceptors (Lipinski definition) is 6. The highest BCUT2D eigenvalue weighted by Gasteiger charge is 2.51. The van der Waals surface area contributed by atoms with E-state index in [-0.39, 0.29) is 11.2 Å². The molecular weight excluding hydrogens is 831 g/mol. The van der Waals surface area contributed by atoms with Gasteiger partial charge in [-0.3, -0.25) is 0 Å². The molecule has 1 aliphatic heterocycles. The summed E-state index contributed by atoms with van der Waals surface area (Å²) in [6, 6.07) is 66.7. The second-order valence-corrected chi connectivity index (χ2v) is 17.5. The highest BCUT2D eigenvalue weighted by molar-refractivity contribution is 9.10. The van der Waals surface area contributed by atoms with Gasteiger partial charge in [0, 0.05) is 60.1 Å². The largest absolute Gasteiger partial charge is 0.494 e. The number of hydrogen-bond donors (Lipinski definition) is 0. The molecule has 0 spiro atoms. The highest BCUT2D eigenvalue weighted by Crippen LogP contribution is 2.41. The van der Waals surface area contributed by atoms with Crippen LogP contribution in [0, 0.1) is 0 Å². The molecule has 62 heavy (non-hydrogen) atoms. The van der Waals surface area contributed by atoms with Gasteiger partial charge in [0.2, 0.25) is 0 Å². The summed E-state index contributed by atoms with van der Waals surface area (Å²) in [4.78, 5) is 4.52. The lowest BCUT2D eigenvalue weighted by molar-refractivity contribution is 0.00578. The Balaban J connectivity index is 0.000000153. The molecule has 304 valence electrons. The molecular formula is C54H44BBrN2O4. The Morgan fingerprint density at radius 3 is 1.27 bits per heavy atom. The third-order valence-corrected chi connectivity index (χ3v) is 12.5. The molecule has 1 fully saturated rings. The van der Waals surface area contributed by atoms with Gasteiger partial charge >= 0.3 is 7.12 Å². The number of anilines is 6. The monoisotopic (exact) mass is 874 g/mol. The lowest BCUT2D eigenvalue weighted by atomic mass is 9.79. The summed E-state index contributed by atoms with van der Waals surface area (Å²) in [5.74, 6) is 0. The maximum absolute atomic E-state index is 6.34. The molecule has 0 amide bonds. The van der Waals surface area contributed by atoms with Crippen LogP contribution in [0.25, 0.3) is 43.9 Å². The first-order valence-electron chi connectivity index (χ1n) is 20.9. The Morgan fingerprint density at radius 2 is 0.774 bits per heavy atom. The summed E-state index contributed by atoms with van der Waals surface area (Å²) in [6.45, 7) is 8.32. The fourth-order valence-corrected chi connectivity index (χ4v) is 8.55. The van der Waals surface area contributed by atoms with E-state index in [1.54, 1.807) is 0 Å². The Labute approximate surface area is 370 Å². The van der Waals surface area contributed by atoms with Gasteiger partial charge in [-0.15, -0.1) is 0 Å². The van der Waals surface area contributed by atoms with Crippen molar-refractivity contribution in [3.8, 4) is 0 Å². The minimum Gasteiger partial charge on any atom is -0.456 e. The van der Waals surface area contributed by atoms with Gasteiger partial charge in [-0.1, -0.05) is 107 Å². The first-order valence-corrected chi connectivity index (χ1v) is 21.7. The van der Waals surface area contributed by atoms with E-state index >= 15 is 0 Å². The van der Waals surface area contributed by atoms with Crippen molar-refractivity contribution in [3.63, 3.8) is 0 Å². The predicted octanol–water partition coefficient (Wildman–Crippen LogP) is 15.2. The average molecular weight is 876 g/mol. The van der Waals surface area contributed by atoms with Crippen LogP contribution in [0.1, 0.15) is 27.7 Å². The zero-order chi connectivity index (χ0) is 42.4. The molecule has 1 aliphatic rings. The van der Waals surface area contributed by atoms with E-state index in [4.69, 9.17) is 18.1 Å². The fourth-order valence-electron chi connectivity index (χ4n) is 8.16. The molecule has 0 saturated carbocycles. The van der Waals surface area contributed by atoms with E-state index in [9.17, 15) is 0 Å². The normalized spacial score (nSPS) is 14.3. The molecule has 1 saturated heterocycles. The molecule has 11 rings (SSSR count). The number of furan rings is 2. The lowest BCUT2D eigenvalue weighted by Crippen LogP contribution is -2.41. The highest BCUT2D eigenvalue weighted by atomic mass is 79.9. The van der Waals surface area contributed by atoms with Gasteiger partial charge in [0.1, 0.15) is 22.3 Å². The summed E-state index contributed by atoms with van der Waals surface area (Å²) in [5, 5.41) is 4.47. The zero-order valence-corrected chi connectivity index (χ0v) is 36.5. The van der Waals surface area contributed by atoms with Gasteiger partial charge in [-0.25, -0.2) is 0 Å². The van der Waals surface area contributed by atoms with Crippen LogP contribution >= 0.6 is 15.9 Å². The molecule has 0 bridgehead atoms. The first-order chi connectivity index (χ1) is 30.1. The lowest BCUT2D eigenvalue weighted by Gasteiger charge is -2.32. The molecule has 0 unspecified atom stereocenters. The predicted molar refractivity (Wildman–Crippen MR) is 260 cm³/mol. The Morgan fingerprint density at radius 1 is 0.371 bits per heavy atom. The number of para-hydroxylation sites is 4. The average Bonchev–Trinajstić information content (AvgIpc) is 3.92. The van der Waals surface area contributed by atoms with Gasteiger partial charge in [0.15, 0.2) is 0 Å². The van der Waals surface area contributed by atoms with E-state index in [0.29, 0.717) is 0 Å². The molecule has 0 radical (unpaired) electrons. The third kappa shape index (κ3) is 7.45. The molecule has 2 aromatic heterocycles. The van der Waals surface area contributed by atoms with Crippen LogP contribution in [0.2, 0.25) is 0 Å². The summed E-state index contributed by atoms with van der Waals surface area (Å²) >= 11 is 3.60. The van der Waals surface area contributed by atoms with E-state index < -0.39 is 7.12 Å². The number of nitrogens with zero attached hydrogens (tertiary/aromatic N) is 2. The van der Waals surface area contributed by atoms with Gasteiger partial charge in [0.05, 0.1) is 11.2 Å². The van der Waals surface area contributed by atoms with Crippen LogP contribution in [0.15, 0.2) is 207 Å². The van der Waals surface area contributed by atoms with Crippen LogP contribution < -0.4 is 15.3 Å². The van der Waals surface area contributed by atoms with Crippen molar-refractivity contribution in [2.75, 3.05) is 9.80 Å². The number of rotatable bonds is 7. The molecule has 0 N–H and O–H groups in total. The molecule has 0 atom stereocenters. The molecule has 8 aromatic carbocycles. The molecule has 3 heterocycles. The SMILES string of the molecule is Brc1cccc(N(c2ccccc2)c2ccc3oc4ccccc4c3c2)c1.CC1(C)OB(c2cccc(N(c3ccccc3)c3ccc4oc5ccccc5c4c3)c2)OC1(C)C. The smallest absolute Gasteiger partial charge is 0.456 e. The van der Waals surface area contributed by atoms with Crippen molar-refractivity contribution >= 4 is 107 Å². The van der Waals surface area contributed by atoms with Crippen molar-refractivity contribution in [3.05, 3.63) is 199 Å². The summed E-state index contributed by atoms with van der Waals surface area (Å²) in [7, 11) is -0.419. The second kappa shape index (κ2) is 16.0. The van der Waals surface area contributed by atoms with E-state index in [0.717, 1.165) is 87.9 Å². The van der Waals surface area contributed by atoms with Crippen molar-refractivity contribution in [1.82, 2.24) is 0 Å². The molecule has 10 aromatic rings. The van der Waals surface area contributed by atoms with Crippen LogP contribution in [-0.2, 0) is 9.31 Å². The summed E-state index contributed by atoms with van der Waals surface area (Å²) in [5.41, 5.74) is 10.3. The van der Waals surface area contributed by atoms with Crippen LogP contribution in [-0.4, -0.2) is 18.3 Å². The maximum atomic E-state index is 6.34. The summed E-state index contributed by atoms with van der Waals surface area (Å²) in [6.07, 6.45) is 0. The van der Waals surface area contributed by atoms with E-state index in [2.05, 4.69) is 193 Å². The van der Waals surface area contributed by atoms with Gasteiger partial charge in [-0.05, 0) is 136 Å². The number of halogens is 1. The van der Waals surface area contributed by atoms with Crippen LogP contribution in [0.4, 0.5) is 34.1 Å². The van der Waals surface area contributed by atoms with Crippen LogP contribution in [0.5, 0.6) is 0 Å². The topological polar surface area (TPSA) is 51.2 Å². The van der Waals surface area contributed by atoms with Gasteiger partial charge < -0.3 is 27.9 Å². The summed E-state index contributed by atoms with van der Waals surface area (Å²) < 4.78 is 25.8. The molecule has 0 aliphatic carbocycles. The van der Waals surface area contributed by atoms with E-state index in [1.807, 2.05) is 54.6 Å². The third-order valence-electron chi connectivity index (χ3n) is 12.0. The molecule has 6 nitrogen and oxygen atoms in total. The minimum atomic E-state index is -0.419. The standard InChI is InChI=1S/C30H28BNO3.C24H16BrNO/c1-29(2)30(3,4)35-31(34-29)21-11-10-14-23(19-21)32(22-12-6-5-7-13-22)24-17-18-28-26(20-24)25-15-8-9-16-27(25)33-28;25-17-7-6-10-19(15-17)26(18-8-2-1-3-9-18)20-13-14-24-22(16-20)21-11-4-5-12-23(21)27-24/h5-20H,1-4H3;1-16H. The Hall–Kier alpha value is -6.58. The second-order valence-electron chi connectivity index (χ2n) is 16.6. The van der Waals surface area contributed by atoms with Crippen molar-refractivity contribution < 1.29 is 18.1 Å². The number of fused-ring (bicyclic) bond motifs is 6. The minimum absolute atomic E-state index is 0.389. The van der Waals surface area contributed by atoms with Crippen molar-refractivity contribution in [1.29, 1.82) is 0 Å². The Kier molecular flexibility index (Phi) is 10.2.